The van der Waals surface area contributed by atoms with Gasteiger partial charge in [0.15, 0.2) is 0 Å². The first-order valence-electron chi connectivity index (χ1n) is 11.5. The van der Waals surface area contributed by atoms with E-state index in [0.717, 1.165) is 0 Å². The highest BCUT2D eigenvalue weighted by molar-refractivity contribution is 7.89. The van der Waals surface area contributed by atoms with E-state index in [2.05, 4.69) is 10.0 Å². The molecule has 35 heavy (non-hydrogen) atoms. The maximum absolute atomic E-state index is 13.3. The largest absolute Gasteiger partial charge is 0.466 e. The molecule has 2 N–H and O–H groups in total. The van der Waals surface area contributed by atoms with Crippen LogP contribution in [0.25, 0.3) is 10.8 Å². The number of anilines is 1. The second kappa shape index (κ2) is 10.1. The molecule has 9 nitrogen and oxygen atoms in total. The fraction of sp³-hybridized carbons (Fsp3) is 0.360. The fourth-order valence-electron chi connectivity index (χ4n) is 4.35. The third kappa shape index (κ3) is 5.33. The Morgan fingerprint density at radius 1 is 1.09 bits per heavy atom. The molecule has 0 radical (unpaired) electrons. The second-order valence-corrected chi connectivity index (χ2v) is 10.2. The summed E-state index contributed by atoms with van der Waals surface area (Å²) >= 11 is 0. The van der Waals surface area contributed by atoms with Gasteiger partial charge in [0.05, 0.1) is 17.1 Å². The molecule has 1 aliphatic rings. The summed E-state index contributed by atoms with van der Waals surface area (Å²) in [5, 5.41) is 3.99. The van der Waals surface area contributed by atoms with E-state index in [0.29, 0.717) is 66.1 Å². The third-order valence-electron chi connectivity index (χ3n) is 6.05. The molecule has 0 spiro atoms. The first-order valence-corrected chi connectivity index (χ1v) is 13.0. The van der Waals surface area contributed by atoms with E-state index in [1.54, 1.807) is 68.1 Å². The zero-order valence-corrected chi connectivity index (χ0v) is 20.8. The number of rotatable bonds is 6. The highest BCUT2D eigenvalue weighted by Gasteiger charge is 2.28. The van der Waals surface area contributed by atoms with E-state index in [1.165, 1.54) is 0 Å². The van der Waals surface area contributed by atoms with Crippen LogP contribution in [0.5, 0.6) is 0 Å². The van der Waals surface area contributed by atoms with Crippen LogP contribution in [0.3, 0.4) is 0 Å². The van der Waals surface area contributed by atoms with Crippen molar-refractivity contribution >= 4 is 38.5 Å². The van der Waals surface area contributed by atoms with Gasteiger partial charge < -0.3 is 19.4 Å². The molecule has 0 unspecified atom stereocenters. The normalized spacial score (nSPS) is 14.8. The summed E-state index contributed by atoms with van der Waals surface area (Å²) < 4.78 is 39.9. The molecule has 0 aliphatic carbocycles. The number of aryl methyl sites for hydroxylation is 2. The first kappa shape index (κ1) is 24.7. The van der Waals surface area contributed by atoms with Crippen molar-refractivity contribution in [2.75, 3.05) is 25.0 Å². The molecule has 10 heteroatoms. The molecule has 0 bridgehead atoms. The van der Waals surface area contributed by atoms with E-state index in [4.69, 9.17) is 9.15 Å². The lowest BCUT2D eigenvalue weighted by molar-refractivity contribution is 0.0964. The Balaban J connectivity index is 1.54. The van der Waals surface area contributed by atoms with Gasteiger partial charge in [0.2, 0.25) is 10.0 Å². The third-order valence-corrected chi connectivity index (χ3v) is 7.63. The van der Waals surface area contributed by atoms with Crippen LogP contribution in [-0.2, 0) is 14.8 Å². The number of benzene rings is 2. The number of carbonyl (C=O) groups excluding carboxylic acids is 2. The average Bonchev–Trinajstić information content (AvgIpc) is 3.17. The van der Waals surface area contributed by atoms with Crippen LogP contribution >= 0.6 is 0 Å². The lowest BCUT2D eigenvalue weighted by Gasteiger charge is -2.31. The monoisotopic (exact) mass is 499 g/mol. The minimum Gasteiger partial charge on any atom is -0.466 e. The average molecular weight is 500 g/mol. The summed E-state index contributed by atoms with van der Waals surface area (Å²) in [6.07, 6.45) is 0.611. The first-order chi connectivity index (χ1) is 16.7. The Hall–Kier alpha value is -3.37. The standard InChI is InChI=1S/C25H29N3O6S/c1-4-33-25(30)28-13-11-18(12-14-28)27-35(31,32)23-10-6-7-19-20(23)8-5-9-22(19)26-24(29)21-15-16(2)34-17(21)3/h5-10,15,18,27H,4,11-14H2,1-3H3,(H,26,29). The molecule has 2 amide bonds. The molecule has 1 aliphatic heterocycles. The van der Waals surface area contributed by atoms with Crippen molar-refractivity contribution in [3.8, 4) is 0 Å². The summed E-state index contributed by atoms with van der Waals surface area (Å²) in [5.41, 5.74) is 0.935. The number of hydrogen-bond donors (Lipinski definition) is 2. The van der Waals surface area contributed by atoms with Crippen LogP contribution in [0.1, 0.15) is 41.6 Å². The molecular weight excluding hydrogens is 470 g/mol. The highest BCUT2D eigenvalue weighted by atomic mass is 32.2. The molecule has 3 aromatic rings. The molecule has 0 atom stereocenters. The predicted molar refractivity (Wildman–Crippen MR) is 132 cm³/mol. The van der Waals surface area contributed by atoms with Gasteiger partial charge in [0, 0.05) is 35.6 Å². The Morgan fingerprint density at radius 2 is 1.77 bits per heavy atom. The topological polar surface area (TPSA) is 118 Å². The van der Waals surface area contributed by atoms with Gasteiger partial charge in [-0.15, -0.1) is 0 Å². The minimum absolute atomic E-state index is 0.134. The molecule has 1 saturated heterocycles. The maximum Gasteiger partial charge on any atom is 0.409 e. The number of sulfonamides is 1. The van der Waals surface area contributed by atoms with E-state index in [-0.39, 0.29) is 22.9 Å². The van der Waals surface area contributed by atoms with Crippen molar-refractivity contribution in [2.24, 2.45) is 0 Å². The smallest absolute Gasteiger partial charge is 0.409 e. The van der Waals surface area contributed by atoms with Gasteiger partial charge >= 0.3 is 6.09 Å². The number of carbonyl (C=O) groups is 2. The van der Waals surface area contributed by atoms with Crippen LogP contribution in [0.4, 0.5) is 10.5 Å². The number of likely N-dealkylation sites (tertiary alicyclic amines) is 1. The Bertz CT molecular complexity index is 1360. The van der Waals surface area contributed by atoms with Crippen LogP contribution in [-0.4, -0.2) is 51.1 Å². The van der Waals surface area contributed by atoms with Crippen molar-refractivity contribution in [1.82, 2.24) is 9.62 Å². The number of hydrogen-bond acceptors (Lipinski definition) is 6. The Morgan fingerprint density at radius 3 is 2.43 bits per heavy atom. The lowest BCUT2D eigenvalue weighted by atomic mass is 10.1. The molecule has 0 saturated carbocycles. The van der Waals surface area contributed by atoms with Gasteiger partial charge in [-0.05, 0) is 51.8 Å². The van der Waals surface area contributed by atoms with Crippen molar-refractivity contribution in [2.45, 2.75) is 44.6 Å². The van der Waals surface area contributed by atoms with Gasteiger partial charge in [0.1, 0.15) is 11.5 Å². The van der Waals surface area contributed by atoms with E-state index in [9.17, 15) is 18.0 Å². The number of ether oxygens (including phenoxy) is 1. The van der Waals surface area contributed by atoms with Crippen molar-refractivity contribution in [3.63, 3.8) is 0 Å². The maximum atomic E-state index is 13.3. The number of furan rings is 1. The quantitative estimate of drug-likeness (QED) is 0.525. The zero-order valence-electron chi connectivity index (χ0n) is 20.0. The molecule has 186 valence electrons. The summed E-state index contributed by atoms with van der Waals surface area (Å²) in [7, 11) is -3.85. The molecule has 4 rings (SSSR count). The van der Waals surface area contributed by atoms with E-state index >= 15 is 0 Å². The fourth-order valence-corrected chi connectivity index (χ4v) is 5.87. The van der Waals surface area contributed by atoms with Crippen LogP contribution in [0.2, 0.25) is 0 Å². The predicted octanol–water partition coefficient (Wildman–Crippen LogP) is 4.20. The van der Waals surface area contributed by atoms with Crippen molar-refractivity contribution < 1.29 is 27.2 Å². The van der Waals surface area contributed by atoms with Gasteiger partial charge in [-0.25, -0.2) is 17.9 Å². The Kier molecular flexibility index (Phi) is 7.13. The van der Waals surface area contributed by atoms with E-state index < -0.39 is 10.0 Å². The number of nitrogens with one attached hydrogen (secondary N) is 2. The summed E-state index contributed by atoms with van der Waals surface area (Å²) in [4.78, 5) is 26.4. The SMILES string of the molecule is CCOC(=O)N1CCC(NS(=O)(=O)c2cccc3c(NC(=O)c4cc(C)oc4C)cccc23)CC1. The molecular formula is C25H29N3O6S. The number of fused-ring (bicyclic) bond motifs is 1. The Labute approximate surface area is 204 Å². The molecule has 1 fully saturated rings. The van der Waals surface area contributed by atoms with E-state index in [1.807, 2.05) is 0 Å². The number of nitrogens with zero attached hydrogens (tertiary/aromatic N) is 1. The van der Waals surface area contributed by atoms with Crippen LogP contribution in [0, 0.1) is 13.8 Å². The summed E-state index contributed by atoms with van der Waals surface area (Å²) in [5.74, 6) is 0.825. The van der Waals surface area contributed by atoms with Gasteiger partial charge in [-0.1, -0.05) is 24.3 Å². The zero-order chi connectivity index (χ0) is 25.2. The van der Waals surface area contributed by atoms with Gasteiger partial charge in [-0.3, -0.25) is 4.79 Å². The van der Waals surface area contributed by atoms with Gasteiger partial charge in [-0.2, -0.15) is 0 Å². The molecule has 2 heterocycles. The van der Waals surface area contributed by atoms with Crippen molar-refractivity contribution in [3.05, 3.63) is 59.5 Å². The summed E-state index contributed by atoms with van der Waals surface area (Å²) in [6, 6.07) is 11.5. The van der Waals surface area contributed by atoms with Crippen molar-refractivity contribution in [1.29, 1.82) is 0 Å². The number of amides is 2. The lowest BCUT2D eigenvalue weighted by Crippen LogP contribution is -2.46. The number of piperidine rings is 1. The minimum atomic E-state index is -3.85. The highest BCUT2D eigenvalue weighted by Crippen LogP contribution is 2.30. The molecule has 1 aromatic heterocycles. The molecule has 2 aromatic carbocycles. The van der Waals surface area contributed by atoms with Gasteiger partial charge in [0.25, 0.3) is 5.91 Å². The van der Waals surface area contributed by atoms with Crippen LogP contribution < -0.4 is 10.0 Å². The second-order valence-electron chi connectivity index (χ2n) is 8.52. The summed E-state index contributed by atoms with van der Waals surface area (Å²) in [6.45, 7) is 6.38. The van der Waals surface area contributed by atoms with Crippen LogP contribution in [0.15, 0.2) is 51.8 Å².